The van der Waals surface area contributed by atoms with E-state index in [1.165, 1.54) is 18.2 Å². The smallest absolute Gasteiger partial charge is 0.338 e. The van der Waals surface area contributed by atoms with Crippen molar-refractivity contribution in [3.05, 3.63) is 64.7 Å². The molecule has 0 bridgehead atoms. The van der Waals surface area contributed by atoms with Crippen LogP contribution in [0.2, 0.25) is 0 Å². The minimum atomic E-state index is -0.767. The number of ether oxygens (including phenoxy) is 1. The summed E-state index contributed by atoms with van der Waals surface area (Å²) in [5.41, 5.74) is 5.68. The Morgan fingerprint density at radius 2 is 2.00 bits per heavy atom. The Morgan fingerprint density at radius 3 is 2.67 bits per heavy atom. The Bertz CT molecular complexity index is 739. The molecule has 0 aliphatic rings. The molecule has 4 nitrogen and oxygen atoms in total. The Labute approximate surface area is 119 Å². The molecule has 106 valence electrons. The molecule has 0 heterocycles. The highest BCUT2D eigenvalue weighted by molar-refractivity contribution is 5.89. The lowest BCUT2D eigenvalue weighted by Crippen LogP contribution is -2.06. The summed E-state index contributed by atoms with van der Waals surface area (Å²) in [7, 11) is 0. The SMILES string of the molecule is N#Cc1cc(F)cc(COC(=O)c2ccc(N)c(F)c2)c1. The first-order valence-electron chi connectivity index (χ1n) is 5.91. The maximum atomic E-state index is 13.2. The fourth-order valence-electron chi connectivity index (χ4n) is 1.68. The molecule has 6 heteroatoms. The first kappa shape index (κ1) is 14.5. The lowest BCUT2D eigenvalue weighted by molar-refractivity contribution is 0.0472. The van der Waals surface area contributed by atoms with Crippen molar-refractivity contribution in [1.29, 1.82) is 5.26 Å². The second-order valence-corrected chi connectivity index (χ2v) is 4.27. The first-order chi connectivity index (χ1) is 9.99. The van der Waals surface area contributed by atoms with Gasteiger partial charge in [-0.15, -0.1) is 0 Å². The van der Waals surface area contributed by atoms with E-state index in [0.717, 1.165) is 18.2 Å². The molecule has 0 unspecified atom stereocenters. The topological polar surface area (TPSA) is 76.1 Å². The molecule has 2 aromatic carbocycles. The molecule has 2 rings (SSSR count). The molecule has 0 aromatic heterocycles. The number of benzene rings is 2. The van der Waals surface area contributed by atoms with Gasteiger partial charge in [-0.05, 0) is 42.0 Å². The average Bonchev–Trinajstić information content (AvgIpc) is 2.47. The van der Waals surface area contributed by atoms with Crippen LogP contribution in [0.15, 0.2) is 36.4 Å². The van der Waals surface area contributed by atoms with Gasteiger partial charge in [-0.25, -0.2) is 13.6 Å². The summed E-state index contributed by atoms with van der Waals surface area (Å²) in [6.45, 7) is -0.225. The number of nitriles is 1. The van der Waals surface area contributed by atoms with Crippen molar-refractivity contribution >= 4 is 11.7 Å². The summed E-state index contributed by atoms with van der Waals surface area (Å²) in [4.78, 5) is 11.7. The summed E-state index contributed by atoms with van der Waals surface area (Å²) < 4.78 is 31.4. The van der Waals surface area contributed by atoms with Crippen LogP contribution in [0, 0.1) is 23.0 Å². The number of rotatable bonds is 3. The lowest BCUT2D eigenvalue weighted by atomic mass is 10.1. The molecule has 0 saturated carbocycles. The third-order valence-corrected chi connectivity index (χ3v) is 2.69. The van der Waals surface area contributed by atoms with Crippen LogP contribution >= 0.6 is 0 Å². The number of carbonyl (C=O) groups is 1. The zero-order valence-corrected chi connectivity index (χ0v) is 10.8. The third-order valence-electron chi connectivity index (χ3n) is 2.69. The number of nitrogens with two attached hydrogens (primary N) is 1. The van der Waals surface area contributed by atoms with Crippen LogP contribution in [0.25, 0.3) is 0 Å². The quantitative estimate of drug-likeness (QED) is 0.696. The van der Waals surface area contributed by atoms with Gasteiger partial charge in [0.15, 0.2) is 0 Å². The molecule has 0 aliphatic carbocycles. The zero-order chi connectivity index (χ0) is 15.4. The summed E-state index contributed by atoms with van der Waals surface area (Å²) >= 11 is 0. The monoisotopic (exact) mass is 288 g/mol. The van der Waals surface area contributed by atoms with Crippen LogP contribution < -0.4 is 5.73 Å². The number of hydrogen-bond donors (Lipinski definition) is 1. The maximum Gasteiger partial charge on any atom is 0.338 e. The van der Waals surface area contributed by atoms with Gasteiger partial charge in [0, 0.05) is 0 Å². The van der Waals surface area contributed by atoms with E-state index >= 15 is 0 Å². The van der Waals surface area contributed by atoms with Crippen molar-refractivity contribution in [2.45, 2.75) is 6.61 Å². The van der Waals surface area contributed by atoms with Crippen molar-refractivity contribution in [1.82, 2.24) is 0 Å². The molecular weight excluding hydrogens is 278 g/mol. The van der Waals surface area contributed by atoms with Gasteiger partial charge in [0.05, 0.1) is 22.9 Å². The molecule has 0 saturated heterocycles. The highest BCUT2D eigenvalue weighted by atomic mass is 19.1. The van der Waals surface area contributed by atoms with Gasteiger partial charge in [0.25, 0.3) is 0 Å². The van der Waals surface area contributed by atoms with Gasteiger partial charge in [-0.3, -0.25) is 0 Å². The second-order valence-electron chi connectivity index (χ2n) is 4.27. The van der Waals surface area contributed by atoms with Crippen molar-refractivity contribution < 1.29 is 18.3 Å². The number of anilines is 1. The lowest BCUT2D eigenvalue weighted by Gasteiger charge is -2.06. The minimum absolute atomic E-state index is 0.00129. The van der Waals surface area contributed by atoms with E-state index in [1.807, 2.05) is 0 Å². The second kappa shape index (κ2) is 6.01. The maximum absolute atomic E-state index is 13.2. The molecule has 2 aromatic rings. The van der Waals surface area contributed by atoms with Crippen LogP contribution in [-0.2, 0) is 11.3 Å². The number of carbonyl (C=O) groups excluding carboxylic acids is 1. The Morgan fingerprint density at radius 1 is 1.24 bits per heavy atom. The van der Waals surface area contributed by atoms with E-state index in [1.54, 1.807) is 6.07 Å². The van der Waals surface area contributed by atoms with Crippen LogP contribution in [0.3, 0.4) is 0 Å². The Kier molecular flexibility index (Phi) is 4.14. The first-order valence-corrected chi connectivity index (χ1v) is 5.91. The number of hydrogen-bond acceptors (Lipinski definition) is 4. The van der Waals surface area contributed by atoms with E-state index in [0.29, 0.717) is 5.56 Å². The molecule has 21 heavy (non-hydrogen) atoms. The van der Waals surface area contributed by atoms with E-state index in [9.17, 15) is 13.6 Å². The molecule has 0 fully saturated rings. The molecule has 0 spiro atoms. The molecule has 0 atom stereocenters. The Balaban J connectivity index is 2.09. The predicted octanol–water partition coefficient (Wildman–Crippen LogP) is 2.78. The minimum Gasteiger partial charge on any atom is -0.457 e. The zero-order valence-electron chi connectivity index (χ0n) is 10.8. The largest absolute Gasteiger partial charge is 0.457 e. The standard InChI is InChI=1S/C15H10F2N2O2/c16-12-4-9(7-18)3-10(5-12)8-21-15(20)11-1-2-14(19)13(17)6-11/h1-6H,8,19H2. The van der Waals surface area contributed by atoms with E-state index < -0.39 is 17.6 Å². The van der Waals surface area contributed by atoms with Crippen LogP contribution in [0.5, 0.6) is 0 Å². The van der Waals surface area contributed by atoms with Gasteiger partial charge in [-0.1, -0.05) is 0 Å². The van der Waals surface area contributed by atoms with Crippen LogP contribution in [-0.4, -0.2) is 5.97 Å². The van der Waals surface area contributed by atoms with E-state index in [2.05, 4.69) is 0 Å². The number of nitrogen functional groups attached to an aromatic ring is 1. The predicted molar refractivity (Wildman–Crippen MR) is 71.0 cm³/mol. The van der Waals surface area contributed by atoms with Crippen molar-refractivity contribution in [2.24, 2.45) is 0 Å². The van der Waals surface area contributed by atoms with E-state index in [-0.39, 0.29) is 23.4 Å². The average molecular weight is 288 g/mol. The molecule has 0 radical (unpaired) electrons. The molecule has 0 aliphatic heterocycles. The van der Waals surface area contributed by atoms with Gasteiger partial charge < -0.3 is 10.5 Å². The summed E-state index contributed by atoms with van der Waals surface area (Å²) in [5.74, 6) is -2.09. The highest BCUT2D eigenvalue weighted by Gasteiger charge is 2.10. The van der Waals surface area contributed by atoms with Crippen molar-refractivity contribution in [3.8, 4) is 6.07 Å². The van der Waals surface area contributed by atoms with E-state index in [4.69, 9.17) is 15.7 Å². The van der Waals surface area contributed by atoms with Crippen molar-refractivity contribution in [2.75, 3.05) is 5.73 Å². The molecular formula is C15H10F2N2O2. The van der Waals surface area contributed by atoms with Crippen LogP contribution in [0.4, 0.5) is 14.5 Å². The number of esters is 1. The van der Waals surface area contributed by atoms with Gasteiger partial charge in [-0.2, -0.15) is 5.26 Å². The number of halogens is 2. The Hall–Kier alpha value is -2.94. The van der Waals surface area contributed by atoms with Gasteiger partial charge in [0.1, 0.15) is 18.2 Å². The molecule has 0 amide bonds. The highest BCUT2D eigenvalue weighted by Crippen LogP contribution is 2.14. The normalized spacial score (nSPS) is 9.95. The van der Waals surface area contributed by atoms with Crippen molar-refractivity contribution in [3.63, 3.8) is 0 Å². The summed E-state index contributed by atoms with van der Waals surface area (Å²) in [5, 5.41) is 8.72. The third kappa shape index (κ3) is 3.54. The number of nitrogens with zero attached hydrogens (tertiary/aromatic N) is 1. The molecule has 2 N–H and O–H groups in total. The van der Waals surface area contributed by atoms with Gasteiger partial charge in [0.2, 0.25) is 0 Å². The summed E-state index contributed by atoms with van der Waals surface area (Å²) in [6.07, 6.45) is 0. The fourth-order valence-corrected chi connectivity index (χ4v) is 1.68. The summed E-state index contributed by atoms with van der Waals surface area (Å²) in [6, 6.07) is 8.96. The fraction of sp³-hybridized carbons (Fsp3) is 0.0667. The van der Waals surface area contributed by atoms with Gasteiger partial charge >= 0.3 is 5.97 Å². The van der Waals surface area contributed by atoms with Crippen LogP contribution in [0.1, 0.15) is 21.5 Å².